The van der Waals surface area contributed by atoms with Crippen LogP contribution in [0.5, 0.6) is 0 Å². The first-order valence-electron chi connectivity index (χ1n) is 5.94. The molecule has 4 nitrogen and oxygen atoms in total. The number of carbonyl (C=O) groups is 1. The molecule has 0 atom stereocenters. The molecule has 0 amide bonds. The molecule has 2 N–H and O–H groups in total. The van der Waals surface area contributed by atoms with E-state index in [0.29, 0.717) is 12.2 Å². The van der Waals surface area contributed by atoms with Crippen molar-refractivity contribution in [2.75, 3.05) is 5.32 Å². The highest BCUT2D eigenvalue weighted by Gasteiger charge is 2.10. The average molecular weight is 263 g/mol. The molecule has 1 aromatic carbocycles. The van der Waals surface area contributed by atoms with Gasteiger partial charge in [-0.2, -0.15) is 0 Å². The summed E-state index contributed by atoms with van der Waals surface area (Å²) in [6.07, 6.45) is 0.819. The van der Waals surface area contributed by atoms with E-state index >= 15 is 0 Å². The molecule has 100 valence electrons. The van der Waals surface area contributed by atoms with E-state index in [0.717, 1.165) is 24.0 Å². The Morgan fingerprint density at radius 3 is 2.68 bits per heavy atom. The first-order valence-corrected chi connectivity index (χ1v) is 5.94. The Labute approximate surface area is 109 Å². The van der Waals surface area contributed by atoms with Gasteiger partial charge in [0.2, 0.25) is 0 Å². The number of halogens is 1. The molecule has 0 aliphatic carbocycles. The normalized spacial score (nSPS) is 10.4. The highest BCUT2D eigenvalue weighted by Crippen LogP contribution is 2.16. The van der Waals surface area contributed by atoms with E-state index in [-0.39, 0.29) is 5.56 Å². The van der Waals surface area contributed by atoms with Crippen molar-refractivity contribution >= 4 is 11.7 Å². The summed E-state index contributed by atoms with van der Waals surface area (Å²) in [6, 6.07) is 7.63. The first-order chi connectivity index (χ1) is 9.10. The van der Waals surface area contributed by atoms with E-state index in [4.69, 9.17) is 9.52 Å². The Morgan fingerprint density at radius 2 is 2.05 bits per heavy atom. The Kier molecular flexibility index (Phi) is 3.85. The molecular formula is C14H14FNO3. The summed E-state index contributed by atoms with van der Waals surface area (Å²) in [6.45, 7) is 2.42. The molecule has 0 aliphatic heterocycles. The van der Waals surface area contributed by atoms with Crippen LogP contribution in [0.4, 0.5) is 10.1 Å². The van der Waals surface area contributed by atoms with Gasteiger partial charge >= 0.3 is 5.97 Å². The summed E-state index contributed by atoms with van der Waals surface area (Å²) < 4.78 is 18.7. The minimum atomic E-state index is -1.28. The van der Waals surface area contributed by atoms with E-state index in [1.165, 1.54) is 12.1 Å². The Morgan fingerprint density at radius 1 is 1.32 bits per heavy atom. The van der Waals surface area contributed by atoms with Crippen LogP contribution in [-0.2, 0) is 13.0 Å². The fourth-order valence-electron chi connectivity index (χ4n) is 1.70. The Balaban J connectivity index is 2.07. The number of rotatable bonds is 5. The molecule has 5 heteroatoms. The van der Waals surface area contributed by atoms with Crippen LogP contribution in [0, 0.1) is 5.82 Å². The maximum Gasteiger partial charge on any atom is 0.338 e. The molecule has 0 saturated heterocycles. The van der Waals surface area contributed by atoms with Crippen molar-refractivity contribution in [2.45, 2.75) is 19.9 Å². The molecule has 2 aromatic rings. The minimum Gasteiger partial charge on any atom is -0.478 e. The second kappa shape index (κ2) is 5.56. The number of hydrogen-bond donors (Lipinski definition) is 2. The van der Waals surface area contributed by atoms with E-state index in [1.807, 2.05) is 19.1 Å². The van der Waals surface area contributed by atoms with Crippen molar-refractivity contribution < 1.29 is 18.7 Å². The number of aromatic carboxylic acids is 1. The van der Waals surface area contributed by atoms with Crippen molar-refractivity contribution in [3.63, 3.8) is 0 Å². The van der Waals surface area contributed by atoms with E-state index < -0.39 is 11.8 Å². The number of carboxylic acid groups (broad SMARTS) is 1. The molecule has 1 heterocycles. The standard InChI is InChI=1S/C14H14FNO3/c1-2-10-4-5-11(19-10)8-16-9-3-6-13(15)12(7-9)14(17)18/h3-7,16H,2,8H2,1H3,(H,17,18). The van der Waals surface area contributed by atoms with Gasteiger partial charge in [0.25, 0.3) is 0 Å². The molecule has 0 saturated carbocycles. The molecule has 0 unspecified atom stereocenters. The van der Waals surface area contributed by atoms with Gasteiger partial charge in [-0.1, -0.05) is 6.92 Å². The lowest BCUT2D eigenvalue weighted by Crippen LogP contribution is -2.04. The van der Waals surface area contributed by atoms with Gasteiger partial charge in [-0.15, -0.1) is 0 Å². The molecule has 0 fully saturated rings. The number of benzene rings is 1. The molecular weight excluding hydrogens is 249 g/mol. The quantitative estimate of drug-likeness (QED) is 0.868. The lowest BCUT2D eigenvalue weighted by molar-refractivity contribution is 0.0692. The summed E-state index contributed by atoms with van der Waals surface area (Å²) in [5.74, 6) is -0.392. The maximum absolute atomic E-state index is 13.2. The number of hydrogen-bond acceptors (Lipinski definition) is 3. The summed E-state index contributed by atoms with van der Waals surface area (Å²) >= 11 is 0. The Bertz CT molecular complexity index is 592. The zero-order valence-electron chi connectivity index (χ0n) is 10.4. The first kappa shape index (κ1) is 13.1. The van der Waals surface area contributed by atoms with Gasteiger partial charge in [0.1, 0.15) is 17.3 Å². The van der Waals surface area contributed by atoms with Crippen LogP contribution in [-0.4, -0.2) is 11.1 Å². The van der Waals surface area contributed by atoms with Crippen molar-refractivity contribution in [3.05, 3.63) is 53.2 Å². The van der Waals surface area contributed by atoms with Gasteiger partial charge < -0.3 is 14.8 Å². The smallest absolute Gasteiger partial charge is 0.338 e. The van der Waals surface area contributed by atoms with Gasteiger partial charge in [-0.25, -0.2) is 9.18 Å². The van der Waals surface area contributed by atoms with Gasteiger partial charge in [0.05, 0.1) is 12.1 Å². The molecule has 0 aliphatic rings. The molecule has 1 aromatic heterocycles. The topological polar surface area (TPSA) is 62.5 Å². The highest BCUT2D eigenvalue weighted by atomic mass is 19.1. The van der Waals surface area contributed by atoms with Crippen LogP contribution in [0.3, 0.4) is 0 Å². The van der Waals surface area contributed by atoms with Gasteiger partial charge in [-0.05, 0) is 30.3 Å². The van der Waals surface area contributed by atoms with Crippen LogP contribution in [0.15, 0.2) is 34.7 Å². The number of carboxylic acids is 1. The third-order valence-electron chi connectivity index (χ3n) is 2.73. The van der Waals surface area contributed by atoms with Crippen LogP contribution in [0.25, 0.3) is 0 Å². The largest absolute Gasteiger partial charge is 0.478 e. The third kappa shape index (κ3) is 3.13. The van der Waals surface area contributed by atoms with Crippen molar-refractivity contribution in [1.82, 2.24) is 0 Å². The van der Waals surface area contributed by atoms with E-state index in [1.54, 1.807) is 0 Å². The van der Waals surface area contributed by atoms with Gasteiger partial charge in [0.15, 0.2) is 0 Å². The molecule has 2 rings (SSSR count). The van der Waals surface area contributed by atoms with Crippen molar-refractivity contribution in [2.24, 2.45) is 0 Å². The lowest BCUT2D eigenvalue weighted by atomic mass is 10.2. The van der Waals surface area contributed by atoms with Gasteiger partial charge in [-0.3, -0.25) is 0 Å². The summed E-state index contributed by atoms with van der Waals surface area (Å²) in [5, 5.41) is 11.8. The van der Waals surface area contributed by atoms with Crippen LogP contribution >= 0.6 is 0 Å². The van der Waals surface area contributed by atoms with Crippen LogP contribution in [0.1, 0.15) is 28.8 Å². The lowest BCUT2D eigenvalue weighted by Gasteiger charge is -2.06. The monoisotopic (exact) mass is 263 g/mol. The minimum absolute atomic E-state index is 0.348. The molecule has 19 heavy (non-hydrogen) atoms. The van der Waals surface area contributed by atoms with E-state index in [9.17, 15) is 9.18 Å². The van der Waals surface area contributed by atoms with Crippen LogP contribution < -0.4 is 5.32 Å². The summed E-state index contributed by atoms with van der Waals surface area (Å²) in [5.41, 5.74) is 0.187. The zero-order chi connectivity index (χ0) is 13.8. The number of furan rings is 1. The van der Waals surface area contributed by atoms with Gasteiger partial charge in [0, 0.05) is 12.1 Å². The second-order valence-corrected chi connectivity index (χ2v) is 4.07. The Hall–Kier alpha value is -2.30. The van der Waals surface area contributed by atoms with Crippen molar-refractivity contribution in [1.29, 1.82) is 0 Å². The van der Waals surface area contributed by atoms with Crippen molar-refractivity contribution in [3.8, 4) is 0 Å². The summed E-state index contributed by atoms with van der Waals surface area (Å²) in [7, 11) is 0. The fraction of sp³-hybridized carbons (Fsp3) is 0.214. The third-order valence-corrected chi connectivity index (χ3v) is 2.73. The predicted octanol–water partition coefficient (Wildman–Crippen LogP) is 3.29. The molecule has 0 bridgehead atoms. The van der Waals surface area contributed by atoms with Crippen LogP contribution in [0.2, 0.25) is 0 Å². The number of aryl methyl sites for hydroxylation is 1. The predicted molar refractivity (Wildman–Crippen MR) is 68.8 cm³/mol. The highest BCUT2D eigenvalue weighted by molar-refractivity contribution is 5.89. The maximum atomic E-state index is 13.2. The number of nitrogens with one attached hydrogen (secondary N) is 1. The SMILES string of the molecule is CCc1ccc(CNc2ccc(F)c(C(=O)O)c2)o1. The summed E-state index contributed by atoms with van der Waals surface area (Å²) in [4.78, 5) is 10.8. The fourth-order valence-corrected chi connectivity index (χ4v) is 1.70. The second-order valence-electron chi connectivity index (χ2n) is 4.07. The molecule has 0 radical (unpaired) electrons. The number of anilines is 1. The molecule has 0 spiro atoms. The van der Waals surface area contributed by atoms with E-state index in [2.05, 4.69) is 5.32 Å². The average Bonchev–Trinajstić information content (AvgIpc) is 2.85. The zero-order valence-corrected chi connectivity index (χ0v) is 10.4.